The number of aryl methyl sites for hydroxylation is 2. The van der Waals surface area contributed by atoms with E-state index >= 15 is 0 Å². The predicted octanol–water partition coefficient (Wildman–Crippen LogP) is 3.12. The smallest absolute Gasteiger partial charge is 0.251 e. The van der Waals surface area contributed by atoms with Gasteiger partial charge in [-0.25, -0.2) is 0 Å². The van der Waals surface area contributed by atoms with Gasteiger partial charge in [0.2, 0.25) is 0 Å². The van der Waals surface area contributed by atoms with Crippen LogP contribution in [0.25, 0.3) is 0 Å². The van der Waals surface area contributed by atoms with Gasteiger partial charge in [-0.3, -0.25) is 4.79 Å². The highest BCUT2D eigenvalue weighted by Gasteiger charge is 2.28. The van der Waals surface area contributed by atoms with Crippen LogP contribution >= 0.6 is 0 Å². The molecule has 20 heavy (non-hydrogen) atoms. The van der Waals surface area contributed by atoms with Crippen LogP contribution in [-0.4, -0.2) is 23.2 Å². The van der Waals surface area contributed by atoms with E-state index in [0.717, 1.165) is 36.8 Å². The lowest BCUT2D eigenvalue weighted by Gasteiger charge is -2.27. The number of aliphatic hydroxyl groups is 1. The third kappa shape index (κ3) is 3.83. The number of benzene rings is 1. The van der Waals surface area contributed by atoms with Gasteiger partial charge in [0.15, 0.2) is 0 Å². The monoisotopic (exact) mass is 275 g/mol. The van der Waals surface area contributed by atoms with Gasteiger partial charge in [0.25, 0.3) is 5.91 Å². The summed E-state index contributed by atoms with van der Waals surface area (Å²) in [5.41, 5.74) is 2.12. The molecule has 0 aliphatic heterocycles. The van der Waals surface area contributed by atoms with Crippen molar-refractivity contribution in [1.82, 2.24) is 5.32 Å². The molecule has 1 amide bonds. The predicted molar refractivity (Wildman–Crippen MR) is 80.9 cm³/mol. The molecule has 0 saturated heterocycles. The van der Waals surface area contributed by atoms with Crippen molar-refractivity contribution < 1.29 is 9.90 Å². The van der Waals surface area contributed by atoms with Crippen molar-refractivity contribution in [3.05, 3.63) is 34.9 Å². The Labute approximate surface area is 121 Å². The second-order valence-electron chi connectivity index (χ2n) is 6.14. The summed E-state index contributed by atoms with van der Waals surface area (Å²) in [6.07, 6.45) is 6.06. The fourth-order valence-electron chi connectivity index (χ4n) is 2.97. The average molecular weight is 275 g/mol. The second-order valence-corrected chi connectivity index (χ2v) is 6.14. The molecule has 0 heterocycles. The van der Waals surface area contributed by atoms with Gasteiger partial charge in [0.05, 0.1) is 5.60 Å². The molecule has 110 valence electrons. The number of amides is 1. The number of nitrogens with one attached hydrogen (secondary N) is 1. The molecule has 0 atom stereocenters. The van der Waals surface area contributed by atoms with E-state index in [-0.39, 0.29) is 5.91 Å². The second kappa shape index (κ2) is 6.40. The molecule has 3 heteroatoms. The topological polar surface area (TPSA) is 49.3 Å². The summed E-state index contributed by atoms with van der Waals surface area (Å²) >= 11 is 0. The van der Waals surface area contributed by atoms with Crippen LogP contribution < -0.4 is 5.32 Å². The third-order valence-corrected chi connectivity index (χ3v) is 4.24. The molecule has 0 spiro atoms. The molecule has 1 aliphatic carbocycles. The van der Waals surface area contributed by atoms with Crippen molar-refractivity contribution in [3.63, 3.8) is 0 Å². The van der Waals surface area contributed by atoms with Crippen LogP contribution in [0.2, 0.25) is 0 Å². The molecule has 1 aromatic rings. The van der Waals surface area contributed by atoms with Crippen LogP contribution in [0.3, 0.4) is 0 Å². The van der Waals surface area contributed by atoms with E-state index in [4.69, 9.17) is 0 Å². The van der Waals surface area contributed by atoms with Gasteiger partial charge in [-0.05, 0) is 38.3 Å². The van der Waals surface area contributed by atoms with Crippen molar-refractivity contribution in [2.45, 2.75) is 58.0 Å². The molecule has 0 radical (unpaired) electrons. The van der Waals surface area contributed by atoms with Crippen LogP contribution in [0.1, 0.15) is 60.0 Å². The molecule has 0 aromatic heterocycles. The lowest BCUT2D eigenvalue weighted by atomic mass is 9.94. The summed E-state index contributed by atoms with van der Waals surface area (Å²) in [5, 5.41) is 13.5. The Morgan fingerprint density at radius 2 is 1.85 bits per heavy atom. The Bertz CT molecular complexity index is 474. The molecule has 0 bridgehead atoms. The lowest BCUT2D eigenvalue weighted by Crippen LogP contribution is -2.42. The Balaban J connectivity index is 1.97. The molecular formula is C17H25NO2. The maximum atomic E-state index is 12.2. The van der Waals surface area contributed by atoms with E-state index in [0.29, 0.717) is 12.1 Å². The van der Waals surface area contributed by atoms with E-state index in [2.05, 4.69) is 5.32 Å². The SMILES string of the molecule is Cc1ccc(C(=O)NCC2(O)CCCCCC2)c(C)c1. The van der Waals surface area contributed by atoms with Crippen LogP contribution in [0.4, 0.5) is 0 Å². The minimum Gasteiger partial charge on any atom is -0.388 e. The summed E-state index contributed by atoms with van der Waals surface area (Å²) in [6, 6.07) is 5.81. The van der Waals surface area contributed by atoms with Crippen LogP contribution in [0.5, 0.6) is 0 Å². The van der Waals surface area contributed by atoms with Gasteiger partial charge in [0, 0.05) is 12.1 Å². The average Bonchev–Trinajstić information content (AvgIpc) is 2.61. The number of hydrogen-bond acceptors (Lipinski definition) is 2. The first-order chi connectivity index (χ1) is 9.50. The minimum atomic E-state index is -0.717. The van der Waals surface area contributed by atoms with Gasteiger partial charge >= 0.3 is 0 Å². The summed E-state index contributed by atoms with van der Waals surface area (Å²) < 4.78 is 0. The van der Waals surface area contributed by atoms with Crippen molar-refractivity contribution in [1.29, 1.82) is 0 Å². The highest BCUT2D eigenvalue weighted by Crippen LogP contribution is 2.26. The van der Waals surface area contributed by atoms with E-state index in [1.165, 1.54) is 12.8 Å². The first-order valence-electron chi connectivity index (χ1n) is 7.58. The van der Waals surface area contributed by atoms with Crippen LogP contribution in [-0.2, 0) is 0 Å². The van der Waals surface area contributed by atoms with Crippen molar-refractivity contribution in [2.24, 2.45) is 0 Å². The fourth-order valence-corrected chi connectivity index (χ4v) is 2.97. The number of hydrogen-bond donors (Lipinski definition) is 2. The molecular weight excluding hydrogens is 250 g/mol. The number of carbonyl (C=O) groups excluding carboxylic acids is 1. The lowest BCUT2D eigenvalue weighted by molar-refractivity contribution is 0.0246. The summed E-state index contributed by atoms with van der Waals surface area (Å²) in [6.45, 7) is 4.32. The molecule has 2 rings (SSSR count). The zero-order chi connectivity index (χ0) is 14.6. The number of carbonyl (C=O) groups is 1. The Morgan fingerprint density at radius 3 is 2.45 bits per heavy atom. The van der Waals surface area contributed by atoms with Gasteiger partial charge in [-0.2, -0.15) is 0 Å². The minimum absolute atomic E-state index is 0.0832. The van der Waals surface area contributed by atoms with Gasteiger partial charge in [-0.15, -0.1) is 0 Å². The van der Waals surface area contributed by atoms with Gasteiger partial charge < -0.3 is 10.4 Å². The van der Waals surface area contributed by atoms with Gasteiger partial charge in [0.1, 0.15) is 0 Å². The highest BCUT2D eigenvalue weighted by molar-refractivity contribution is 5.95. The first kappa shape index (κ1) is 15.0. The van der Waals surface area contributed by atoms with Crippen molar-refractivity contribution >= 4 is 5.91 Å². The maximum Gasteiger partial charge on any atom is 0.251 e. The van der Waals surface area contributed by atoms with E-state index in [1.807, 2.05) is 32.0 Å². The molecule has 1 saturated carbocycles. The van der Waals surface area contributed by atoms with E-state index in [9.17, 15) is 9.90 Å². The van der Waals surface area contributed by atoms with E-state index < -0.39 is 5.60 Å². The Hall–Kier alpha value is -1.35. The van der Waals surface area contributed by atoms with Crippen LogP contribution in [0.15, 0.2) is 18.2 Å². The fraction of sp³-hybridized carbons (Fsp3) is 0.588. The van der Waals surface area contributed by atoms with Crippen LogP contribution in [0, 0.1) is 13.8 Å². The van der Waals surface area contributed by atoms with Crippen molar-refractivity contribution in [3.8, 4) is 0 Å². The molecule has 3 nitrogen and oxygen atoms in total. The maximum absolute atomic E-state index is 12.2. The molecule has 1 aromatic carbocycles. The van der Waals surface area contributed by atoms with E-state index in [1.54, 1.807) is 0 Å². The quantitative estimate of drug-likeness (QED) is 0.833. The first-order valence-corrected chi connectivity index (χ1v) is 7.58. The molecule has 1 fully saturated rings. The van der Waals surface area contributed by atoms with Crippen molar-refractivity contribution in [2.75, 3.05) is 6.54 Å². The summed E-state index contributed by atoms with van der Waals surface area (Å²) in [7, 11) is 0. The van der Waals surface area contributed by atoms with Gasteiger partial charge in [-0.1, -0.05) is 43.4 Å². The Morgan fingerprint density at radius 1 is 1.20 bits per heavy atom. The summed E-state index contributed by atoms with van der Waals surface area (Å²) in [4.78, 5) is 12.2. The standard InChI is InChI=1S/C17H25NO2/c1-13-7-8-15(14(2)11-13)16(19)18-12-17(20)9-5-3-4-6-10-17/h7-8,11,20H,3-6,9-10,12H2,1-2H3,(H,18,19). The number of rotatable bonds is 3. The molecule has 2 N–H and O–H groups in total. The third-order valence-electron chi connectivity index (χ3n) is 4.24. The largest absolute Gasteiger partial charge is 0.388 e. The molecule has 0 unspecified atom stereocenters. The zero-order valence-electron chi connectivity index (χ0n) is 12.5. The summed E-state index contributed by atoms with van der Waals surface area (Å²) in [5.74, 6) is -0.0832. The Kier molecular flexibility index (Phi) is 4.81. The highest BCUT2D eigenvalue weighted by atomic mass is 16.3. The zero-order valence-corrected chi connectivity index (χ0v) is 12.5. The normalized spacial score (nSPS) is 18.4. The molecule has 1 aliphatic rings.